The van der Waals surface area contributed by atoms with Crippen LogP contribution in [0.15, 0.2) is 17.1 Å². The lowest BCUT2D eigenvalue weighted by Crippen LogP contribution is -2.37. The van der Waals surface area contributed by atoms with Crippen LogP contribution in [-0.2, 0) is 4.74 Å². The fourth-order valence-electron chi connectivity index (χ4n) is 2.60. The van der Waals surface area contributed by atoms with E-state index >= 15 is 0 Å². The van der Waals surface area contributed by atoms with Crippen molar-refractivity contribution >= 4 is 17.9 Å². The molecule has 0 saturated carbocycles. The molecule has 8 nitrogen and oxygen atoms in total. The molecule has 0 unspecified atom stereocenters. The van der Waals surface area contributed by atoms with E-state index in [0.717, 1.165) is 39.3 Å². The summed E-state index contributed by atoms with van der Waals surface area (Å²) in [6.45, 7) is 4.93. The van der Waals surface area contributed by atoms with E-state index in [9.17, 15) is 4.79 Å². The van der Waals surface area contributed by atoms with Crippen molar-refractivity contribution in [2.45, 2.75) is 6.42 Å². The first-order valence-corrected chi connectivity index (χ1v) is 8.66. The van der Waals surface area contributed by atoms with Crippen LogP contribution in [0.25, 0.3) is 0 Å². The molecule has 1 aromatic rings. The van der Waals surface area contributed by atoms with E-state index in [1.807, 2.05) is 14.1 Å². The number of nitrogens with two attached hydrogens (primary N) is 1. The summed E-state index contributed by atoms with van der Waals surface area (Å²) in [5.74, 6) is 0.455. The van der Waals surface area contributed by atoms with Crippen molar-refractivity contribution in [3.05, 3.63) is 17.7 Å². The SMILES string of the molecule is COc1cc(N=CN(C)C)c(C(N)=O)cc1OCCCN1CCOCC1. The zero-order valence-corrected chi connectivity index (χ0v) is 15.7. The molecule has 2 rings (SSSR count). The van der Waals surface area contributed by atoms with Crippen LogP contribution in [0.3, 0.4) is 0 Å². The Labute approximate surface area is 154 Å². The van der Waals surface area contributed by atoms with Gasteiger partial charge in [-0.3, -0.25) is 9.69 Å². The second-order valence-electron chi connectivity index (χ2n) is 6.25. The van der Waals surface area contributed by atoms with Gasteiger partial charge in [0.1, 0.15) is 0 Å². The van der Waals surface area contributed by atoms with Crippen molar-refractivity contribution in [2.24, 2.45) is 10.7 Å². The molecule has 0 aromatic heterocycles. The number of hydrogen-bond donors (Lipinski definition) is 1. The van der Waals surface area contributed by atoms with Crippen molar-refractivity contribution in [2.75, 3.05) is 60.7 Å². The van der Waals surface area contributed by atoms with Crippen molar-refractivity contribution < 1.29 is 19.0 Å². The summed E-state index contributed by atoms with van der Waals surface area (Å²) in [6, 6.07) is 3.26. The number of rotatable bonds is 9. The number of methoxy groups -OCH3 is 1. The average molecular weight is 364 g/mol. The van der Waals surface area contributed by atoms with E-state index < -0.39 is 5.91 Å². The summed E-state index contributed by atoms with van der Waals surface area (Å²) in [5.41, 5.74) is 6.24. The van der Waals surface area contributed by atoms with Gasteiger partial charge >= 0.3 is 0 Å². The van der Waals surface area contributed by atoms with Gasteiger partial charge in [-0.2, -0.15) is 0 Å². The van der Waals surface area contributed by atoms with Gasteiger partial charge in [-0.25, -0.2) is 4.99 Å². The van der Waals surface area contributed by atoms with Crippen molar-refractivity contribution in [1.82, 2.24) is 9.80 Å². The van der Waals surface area contributed by atoms with E-state index in [-0.39, 0.29) is 0 Å². The van der Waals surface area contributed by atoms with Crippen molar-refractivity contribution in [3.8, 4) is 11.5 Å². The maximum atomic E-state index is 11.8. The molecule has 2 N–H and O–H groups in total. The number of benzene rings is 1. The van der Waals surface area contributed by atoms with E-state index in [2.05, 4.69) is 9.89 Å². The van der Waals surface area contributed by atoms with Gasteiger partial charge in [-0.15, -0.1) is 0 Å². The highest BCUT2D eigenvalue weighted by Crippen LogP contribution is 2.35. The van der Waals surface area contributed by atoms with E-state index in [1.54, 1.807) is 30.5 Å². The number of primary amides is 1. The summed E-state index contributed by atoms with van der Waals surface area (Å²) >= 11 is 0. The third-order valence-corrected chi connectivity index (χ3v) is 3.96. The van der Waals surface area contributed by atoms with Crippen LogP contribution in [0.1, 0.15) is 16.8 Å². The molecule has 0 bridgehead atoms. The van der Waals surface area contributed by atoms with Crippen LogP contribution in [0.2, 0.25) is 0 Å². The Morgan fingerprint density at radius 1 is 1.35 bits per heavy atom. The highest BCUT2D eigenvalue weighted by molar-refractivity contribution is 5.99. The largest absolute Gasteiger partial charge is 0.493 e. The summed E-state index contributed by atoms with van der Waals surface area (Å²) < 4.78 is 16.6. The van der Waals surface area contributed by atoms with Crippen LogP contribution in [0.5, 0.6) is 11.5 Å². The van der Waals surface area contributed by atoms with Crippen LogP contribution < -0.4 is 15.2 Å². The minimum atomic E-state index is -0.559. The van der Waals surface area contributed by atoms with Crippen LogP contribution in [-0.4, -0.2) is 82.7 Å². The van der Waals surface area contributed by atoms with Gasteiger partial charge in [0.05, 0.1) is 44.5 Å². The first kappa shape index (κ1) is 20.0. The van der Waals surface area contributed by atoms with Gasteiger partial charge in [0.15, 0.2) is 11.5 Å². The zero-order chi connectivity index (χ0) is 18.9. The Bertz CT molecular complexity index is 628. The molecule has 1 fully saturated rings. The summed E-state index contributed by atoms with van der Waals surface area (Å²) in [7, 11) is 5.24. The van der Waals surface area contributed by atoms with Crippen molar-refractivity contribution in [1.29, 1.82) is 0 Å². The van der Waals surface area contributed by atoms with Gasteiger partial charge in [0, 0.05) is 39.8 Å². The molecule has 1 aromatic carbocycles. The number of ether oxygens (including phenoxy) is 3. The predicted molar refractivity (Wildman–Crippen MR) is 101 cm³/mol. The summed E-state index contributed by atoms with van der Waals surface area (Å²) in [4.78, 5) is 20.2. The van der Waals surface area contributed by atoms with Crippen LogP contribution in [0, 0.1) is 0 Å². The molecule has 144 valence electrons. The maximum Gasteiger partial charge on any atom is 0.251 e. The summed E-state index contributed by atoms with van der Waals surface area (Å²) in [5, 5.41) is 0. The van der Waals surface area contributed by atoms with Gasteiger partial charge in [-0.1, -0.05) is 0 Å². The van der Waals surface area contributed by atoms with E-state index in [4.69, 9.17) is 19.9 Å². The molecule has 1 aliphatic rings. The molecule has 1 aliphatic heterocycles. The molecule has 0 radical (unpaired) electrons. The number of carbonyl (C=O) groups excluding carboxylic acids is 1. The third kappa shape index (κ3) is 5.89. The van der Waals surface area contributed by atoms with E-state index in [0.29, 0.717) is 29.4 Å². The number of hydrogen-bond acceptors (Lipinski definition) is 6. The number of nitrogens with zero attached hydrogens (tertiary/aromatic N) is 3. The minimum absolute atomic E-state index is 0.298. The quantitative estimate of drug-likeness (QED) is 0.401. The molecule has 0 atom stereocenters. The van der Waals surface area contributed by atoms with Gasteiger partial charge in [0.25, 0.3) is 5.91 Å². The van der Waals surface area contributed by atoms with Crippen LogP contribution in [0.4, 0.5) is 5.69 Å². The molecule has 0 spiro atoms. The highest BCUT2D eigenvalue weighted by atomic mass is 16.5. The molecule has 1 saturated heterocycles. The molecule has 26 heavy (non-hydrogen) atoms. The standard InChI is InChI=1S/C18H28N4O4/c1-21(2)13-20-15-12-16(24-3)17(11-14(15)18(19)23)26-8-4-5-22-6-9-25-10-7-22/h11-13H,4-10H2,1-3H3,(H2,19,23). The molecular weight excluding hydrogens is 336 g/mol. The lowest BCUT2D eigenvalue weighted by Gasteiger charge is -2.26. The number of morpholine rings is 1. The Morgan fingerprint density at radius 2 is 2.08 bits per heavy atom. The number of carbonyl (C=O) groups is 1. The van der Waals surface area contributed by atoms with Gasteiger partial charge < -0.3 is 24.8 Å². The lowest BCUT2D eigenvalue weighted by atomic mass is 10.1. The second-order valence-corrected chi connectivity index (χ2v) is 6.25. The highest BCUT2D eigenvalue weighted by Gasteiger charge is 2.15. The third-order valence-electron chi connectivity index (χ3n) is 3.96. The average Bonchev–Trinajstić information content (AvgIpc) is 2.64. The first-order chi connectivity index (χ1) is 12.5. The molecule has 8 heteroatoms. The predicted octanol–water partition coefficient (Wildman–Crippen LogP) is 1.12. The molecule has 0 aliphatic carbocycles. The van der Waals surface area contributed by atoms with E-state index in [1.165, 1.54) is 0 Å². The minimum Gasteiger partial charge on any atom is -0.493 e. The fraction of sp³-hybridized carbons (Fsp3) is 0.556. The normalized spacial score (nSPS) is 15.2. The van der Waals surface area contributed by atoms with Gasteiger partial charge in [-0.05, 0) is 12.5 Å². The smallest absolute Gasteiger partial charge is 0.251 e. The maximum absolute atomic E-state index is 11.8. The zero-order valence-electron chi connectivity index (χ0n) is 15.7. The Balaban J connectivity index is 2.04. The fourth-order valence-corrected chi connectivity index (χ4v) is 2.60. The second kappa shape index (κ2) is 9.98. The Hall–Kier alpha value is -2.32. The molecular formula is C18H28N4O4. The molecule has 1 amide bonds. The topological polar surface area (TPSA) is 89.6 Å². The lowest BCUT2D eigenvalue weighted by molar-refractivity contribution is 0.0357. The van der Waals surface area contributed by atoms with Crippen molar-refractivity contribution in [3.63, 3.8) is 0 Å². The summed E-state index contributed by atoms with van der Waals surface area (Å²) in [6.07, 6.45) is 2.47. The Morgan fingerprint density at radius 3 is 2.69 bits per heavy atom. The van der Waals surface area contributed by atoms with Gasteiger partial charge in [0.2, 0.25) is 0 Å². The monoisotopic (exact) mass is 364 g/mol. The Kier molecular flexibility index (Phi) is 7.68. The van der Waals surface area contributed by atoms with Crippen LogP contribution >= 0.6 is 0 Å². The first-order valence-electron chi connectivity index (χ1n) is 8.66. The number of amides is 1. The molecule has 1 heterocycles. The number of aliphatic imine (C=N–C) groups is 1.